The van der Waals surface area contributed by atoms with Crippen LogP contribution in [-0.2, 0) is 25.5 Å². The maximum absolute atomic E-state index is 12.6. The minimum Gasteiger partial charge on any atom is -0.452 e. The van der Waals surface area contributed by atoms with Crippen molar-refractivity contribution < 1.29 is 23.9 Å². The molecule has 1 aliphatic rings. The molecule has 1 atom stereocenters. The predicted octanol–water partition coefficient (Wildman–Crippen LogP) is 3.31. The second-order valence-electron chi connectivity index (χ2n) is 8.77. The van der Waals surface area contributed by atoms with E-state index in [4.69, 9.17) is 9.47 Å². The van der Waals surface area contributed by atoms with Crippen LogP contribution in [0.15, 0.2) is 30.3 Å². The van der Waals surface area contributed by atoms with Crippen LogP contribution in [0, 0.1) is 5.92 Å². The molecule has 0 bridgehead atoms. The van der Waals surface area contributed by atoms with Crippen molar-refractivity contribution in [2.24, 2.45) is 5.92 Å². The Labute approximate surface area is 179 Å². The van der Waals surface area contributed by atoms with Crippen molar-refractivity contribution in [3.8, 4) is 0 Å². The fourth-order valence-electron chi connectivity index (χ4n) is 3.45. The number of amides is 2. The van der Waals surface area contributed by atoms with E-state index in [2.05, 4.69) is 17.4 Å². The Balaban J connectivity index is 1.66. The van der Waals surface area contributed by atoms with Gasteiger partial charge in [-0.1, -0.05) is 30.3 Å². The van der Waals surface area contributed by atoms with Gasteiger partial charge in [0.15, 0.2) is 6.10 Å². The van der Waals surface area contributed by atoms with Gasteiger partial charge in [-0.15, -0.1) is 0 Å². The van der Waals surface area contributed by atoms with Crippen molar-refractivity contribution in [1.29, 1.82) is 0 Å². The molecule has 1 heterocycles. The molecule has 1 N–H and O–H groups in total. The summed E-state index contributed by atoms with van der Waals surface area (Å²) in [5.74, 6) is -0.124. The number of carbonyl (C=O) groups is 3. The van der Waals surface area contributed by atoms with Crippen molar-refractivity contribution >= 4 is 18.0 Å². The van der Waals surface area contributed by atoms with Crippen LogP contribution in [0.5, 0.6) is 0 Å². The van der Waals surface area contributed by atoms with Crippen LogP contribution in [-0.4, -0.2) is 54.2 Å². The molecule has 0 aliphatic carbocycles. The fourth-order valence-corrected chi connectivity index (χ4v) is 3.45. The first-order chi connectivity index (χ1) is 14.1. The second-order valence-corrected chi connectivity index (χ2v) is 8.77. The zero-order valence-electron chi connectivity index (χ0n) is 18.5. The number of likely N-dealkylation sites (tertiary alicyclic amines) is 1. The highest BCUT2D eigenvalue weighted by Gasteiger charge is 2.28. The van der Waals surface area contributed by atoms with Gasteiger partial charge in [0.1, 0.15) is 5.60 Å². The van der Waals surface area contributed by atoms with Gasteiger partial charge in [0.2, 0.25) is 0 Å². The first-order valence-electron chi connectivity index (χ1n) is 10.6. The molecule has 2 rings (SSSR count). The third-order valence-electron chi connectivity index (χ3n) is 4.95. The van der Waals surface area contributed by atoms with Gasteiger partial charge in [-0.2, -0.15) is 0 Å². The third-order valence-corrected chi connectivity index (χ3v) is 4.95. The quantitative estimate of drug-likeness (QED) is 0.687. The van der Waals surface area contributed by atoms with Crippen molar-refractivity contribution in [1.82, 2.24) is 10.2 Å². The summed E-state index contributed by atoms with van der Waals surface area (Å²) in [6.45, 7) is 8.34. The Morgan fingerprint density at radius 2 is 1.77 bits per heavy atom. The monoisotopic (exact) mass is 418 g/mol. The average molecular weight is 419 g/mol. The van der Waals surface area contributed by atoms with E-state index in [1.807, 2.05) is 18.2 Å². The number of alkyl carbamates (subject to hydrolysis) is 1. The van der Waals surface area contributed by atoms with Gasteiger partial charge in [-0.05, 0) is 58.4 Å². The molecule has 7 nitrogen and oxygen atoms in total. The highest BCUT2D eigenvalue weighted by molar-refractivity contribution is 5.83. The summed E-state index contributed by atoms with van der Waals surface area (Å²) < 4.78 is 10.3. The van der Waals surface area contributed by atoms with Gasteiger partial charge in [-0.25, -0.2) is 4.79 Å². The summed E-state index contributed by atoms with van der Waals surface area (Å²) in [5.41, 5.74) is 0.727. The molecule has 1 aromatic rings. The lowest BCUT2D eigenvalue weighted by Gasteiger charge is -2.33. The van der Waals surface area contributed by atoms with E-state index in [9.17, 15) is 14.4 Å². The summed E-state index contributed by atoms with van der Waals surface area (Å²) in [5, 5.41) is 2.50. The molecule has 166 valence electrons. The van der Waals surface area contributed by atoms with E-state index in [1.54, 1.807) is 32.6 Å². The van der Waals surface area contributed by atoms with Gasteiger partial charge in [0, 0.05) is 19.6 Å². The Morgan fingerprint density at radius 1 is 1.13 bits per heavy atom. The molecule has 1 aliphatic heterocycles. The first-order valence-corrected chi connectivity index (χ1v) is 10.6. The highest BCUT2D eigenvalue weighted by Crippen LogP contribution is 2.22. The molecule has 0 saturated carbocycles. The SMILES string of the molecule is CC(OC(=O)CCNC(=O)OC(C)(C)C)C(=O)N1CCC(Cc2ccccc2)CC1. The van der Waals surface area contributed by atoms with Crippen LogP contribution in [0.1, 0.15) is 52.5 Å². The lowest BCUT2D eigenvalue weighted by molar-refractivity contribution is -0.159. The van der Waals surface area contributed by atoms with Crippen LogP contribution >= 0.6 is 0 Å². The second kappa shape index (κ2) is 11.0. The van der Waals surface area contributed by atoms with Crippen LogP contribution < -0.4 is 5.32 Å². The predicted molar refractivity (Wildman–Crippen MR) is 114 cm³/mol. The van der Waals surface area contributed by atoms with E-state index in [0.717, 1.165) is 19.3 Å². The average Bonchev–Trinajstić information content (AvgIpc) is 2.67. The molecule has 0 radical (unpaired) electrons. The van der Waals surface area contributed by atoms with Crippen molar-refractivity contribution in [2.75, 3.05) is 19.6 Å². The van der Waals surface area contributed by atoms with Crippen molar-refractivity contribution in [2.45, 2.75) is 65.1 Å². The Morgan fingerprint density at radius 3 is 2.37 bits per heavy atom. The van der Waals surface area contributed by atoms with Gasteiger partial charge in [0.05, 0.1) is 6.42 Å². The molecule has 0 aromatic heterocycles. The fraction of sp³-hybridized carbons (Fsp3) is 0.609. The number of nitrogens with zero attached hydrogens (tertiary/aromatic N) is 1. The van der Waals surface area contributed by atoms with E-state index in [1.165, 1.54) is 5.56 Å². The molecule has 1 aromatic carbocycles. The summed E-state index contributed by atoms with van der Waals surface area (Å²) in [6.07, 6.45) is 1.48. The van der Waals surface area contributed by atoms with Crippen molar-refractivity contribution in [3.05, 3.63) is 35.9 Å². The minimum absolute atomic E-state index is 0.0178. The summed E-state index contributed by atoms with van der Waals surface area (Å²) >= 11 is 0. The van der Waals surface area contributed by atoms with Crippen LogP contribution in [0.3, 0.4) is 0 Å². The number of hydrogen-bond acceptors (Lipinski definition) is 5. The standard InChI is InChI=1S/C23H34N2O5/c1-17(29-20(26)10-13-24-22(28)30-23(2,3)4)21(27)25-14-11-19(12-15-25)16-18-8-6-5-7-9-18/h5-9,17,19H,10-16H2,1-4H3,(H,24,28). The zero-order valence-corrected chi connectivity index (χ0v) is 18.5. The number of esters is 1. The Bertz CT molecular complexity index is 706. The maximum atomic E-state index is 12.6. The van der Waals surface area contributed by atoms with Crippen LogP contribution in [0.25, 0.3) is 0 Å². The number of nitrogens with one attached hydrogen (secondary N) is 1. The summed E-state index contributed by atoms with van der Waals surface area (Å²) in [6, 6.07) is 10.4. The number of piperidine rings is 1. The van der Waals surface area contributed by atoms with E-state index in [-0.39, 0.29) is 18.9 Å². The smallest absolute Gasteiger partial charge is 0.407 e. The van der Waals surface area contributed by atoms with E-state index >= 15 is 0 Å². The number of hydrogen-bond donors (Lipinski definition) is 1. The van der Waals surface area contributed by atoms with Crippen LogP contribution in [0.2, 0.25) is 0 Å². The van der Waals surface area contributed by atoms with E-state index < -0.39 is 23.8 Å². The number of rotatable bonds is 7. The lowest BCUT2D eigenvalue weighted by atomic mass is 9.90. The molecule has 7 heteroatoms. The lowest BCUT2D eigenvalue weighted by Crippen LogP contribution is -2.44. The minimum atomic E-state index is -0.829. The molecule has 2 amide bonds. The van der Waals surface area contributed by atoms with Gasteiger partial charge in [-0.3, -0.25) is 9.59 Å². The topological polar surface area (TPSA) is 84.9 Å². The summed E-state index contributed by atoms with van der Waals surface area (Å²) in [7, 11) is 0. The normalized spacial score (nSPS) is 15.9. The zero-order chi connectivity index (χ0) is 22.1. The van der Waals surface area contributed by atoms with Gasteiger partial charge in [0.25, 0.3) is 5.91 Å². The number of benzene rings is 1. The molecule has 1 saturated heterocycles. The number of carbonyl (C=O) groups excluding carboxylic acids is 3. The third kappa shape index (κ3) is 8.43. The number of ether oxygens (including phenoxy) is 2. The Hall–Kier alpha value is -2.57. The highest BCUT2D eigenvalue weighted by atomic mass is 16.6. The molecule has 1 fully saturated rings. The van der Waals surface area contributed by atoms with Crippen LogP contribution in [0.4, 0.5) is 4.79 Å². The molecular formula is C23H34N2O5. The van der Waals surface area contributed by atoms with Crippen molar-refractivity contribution in [3.63, 3.8) is 0 Å². The molecule has 30 heavy (non-hydrogen) atoms. The maximum Gasteiger partial charge on any atom is 0.407 e. The van der Waals surface area contributed by atoms with Gasteiger partial charge >= 0.3 is 12.1 Å². The van der Waals surface area contributed by atoms with Gasteiger partial charge < -0.3 is 19.7 Å². The first kappa shape index (κ1) is 23.7. The Kier molecular flexibility index (Phi) is 8.69. The molecule has 1 unspecified atom stereocenters. The van der Waals surface area contributed by atoms with E-state index in [0.29, 0.717) is 19.0 Å². The largest absolute Gasteiger partial charge is 0.452 e. The summed E-state index contributed by atoms with van der Waals surface area (Å²) in [4.78, 5) is 37.9. The molecular weight excluding hydrogens is 384 g/mol. The molecule has 0 spiro atoms.